The normalized spacial score (nSPS) is 16.9. The van der Waals surface area contributed by atoms with Gasteiger partial charge in [-0.1, -0.05) is 25.1 Å². The minimum Gasteiger partial charge on any atom is -0.364 e. The molecule has 5 nitrogen and oxygen atoms in total. The molecule has 1 saturated heterocycles. The summed E-state index contributed by atoms with van der Waals surface area (Å²) in [6.07, 6.45) is 2.45. The van der Waals surface area contributed by atoms with Crippen molar-refractivity contribution in [3.05, 3.63) is 51.7 Å². The van der Waals surface area contributed by atoms with Gasteiger partial charge in [-0.3, -0.25) is 9.69 Å². The molecule has 1 aromatic carbocycles. The molecule has 4 rings (SSSR count). The number of likely N-dealkylation sites (tertiary alicyclic amines) is 1. The Morgan fingerprint density at radius 3 is 2.86 bits per heavy atom. The van der Waals surface area contributed by atoms with Crippen molar-refractivity contribution in [3.8, 4) is 0 Å². The first-order valence-electron chi connectivity index (χ1n) is 10.2. The first kappa shape index (κ1) is 20.5. The van der Waals surface area contributed by atoms with Crippen molar-refractivity contribution < 1.29 is 9.53 Å². The van der Waals surface area contributed by atoms with Crippen molar-refractivity contribution >= 4 is 38.8 Å². The molecule has 1 N–H and O–H groups in total. The number of aromatic nitrogens is 1. The fourth-order valence-electron chi connectivity index (χ4n) is 3.70. The molecule has 154 valence electrons. The maximum absolute atomic E-state index is 12.3. The molecule has 3 heterocycles. The zero-order chi connectivity index (χ0) is 20.1. The number of rotatable bonds is 8. The van der Waals surface area contributed by atoms with E-state index < -0.39 is 0 Å². The lowest BCUT2D eigenvalue weighted by Crippen LogP contribution is -2.42. The lowest BCUT2D eigenvalue weighted by Gasteiger charge is -2.36. The number of nitrogens with one attached hydrogen (secondary N) is 1. The lowest BCUT2D eigenvalue weighted by atomic mass is 9.97. The van der Waals surface area contributed by atoms with Gasteiger partial charge in [0.1, 0.15) is 11.6 Å². The van der Waals surface area contributed by atoms with Gasteiger partial charge < -0.3 is 10.1 Å². The van der Waals surface area contributed by atoms with Crippen molar-refractivity contribution in [1.82, 2.24) is 15.2 Å². The van der Waals surface area contributed by atoms with Gasteiger partial charge in [-0.15, -0.1) is 22.7 Å². The average Bonchev–Trinajstić information content (AvgIpc) is 3.39. The van der Waals surface area contributed by atoms with Crippen molar-refractivity contribution in [1.29, 1.82) is 0 Å². The van der Waals surface area contributed by atoms with E-state index in [-0.39, 0.29) is 18.6 Å². The Kier molecular flexibility index (Phi) is 6.92. The minimum atomic E-state index is -0.0713. The van der Waals surface area contributed by atoms with E-state index in [1.165, 1.54) is 17.7 Å². The van der Waals surface area contributed by atoms with Gasteiger partial charge in [0.15, 0.2) is 0 Å². The molecule has 2 aromatic heterocycles. The number of amides is 1. The summed E-state index contributed by atoms with van der Waals surface area (Å²) in [6, 6.07) is 12.5. The van der Waals surface area contributed by atoms with Crippen molar-refractivity contribution in [3.63, 3.8) is 0 Å². The molecule has 0 radical (unpaired) electrons. The van der Waals surface area contributed by atoms with Gasteiger partial charge in [-0.05, 0) is 55.4 Å². The molecular formula is C22H27N3O2S2. The van der Waals surface area contributed by atoms with Crippen LogP contribution in [0.25, 0.3) is 10.2 Å². The SMILES string of the molecule is CC1CCN(C(CNC(=O)COCc2nc3ccccc3s2)c2cccs2)CC1. The fourth-order valence-corrected chi connectivity index (χ4v) is 5.47. The number of fused-ring (bicyclic) bond motifs is 1. The molecule has 29 heavy (non-hydrogen) atoms. The van der Waals surface area contributed by atoms with Crippen LogP contribution in [-0.4, -0.2) is 42.0 Å². The molecular weight excluding hydrogens is 402 g/mol. The topological polar surface area (TPSA) is 54.5 Å². The van der Waals surface area contributed by atoms with Crippen molar-refractivity contribution in [2.24, 2.45) is 5.92 Å². The highest BCUT2D eigenvalue weighted by Gasteiger charge is 2.25. The highest BCUT2D eigenvalue weighted by Crippen LogP contribution is 2.29. The summed E-state index contributed by atoms with van der Waals surface area (Å²) >= 11 is 3.37. The third-order valence-electron chi connectivity index (χ3n) is 5.42. The van der Waals surface area contributed by atoms with E-state index >= 15 is 0 Å². The number of benzene rings is 1. The summed E-state index contributed by atoms with van der Waals surface area (Å²) in [5.74, 6) is 0.721. The van der Waals surface area contributed by atoms with Gasteiger partial charge in [0.2, 0.25) is 5.91 Å². The Hall–Kier alpha value is -1.80. The predicted molar refractivity (Wildman–Crippen MR) is 119 cm³/mol. The van der Waals surface area contributed by atoms with E-state index in [0.717, 1.165) is 34.2 Å². The molecule has 0 spiro atoms. The Morgan fingerprint density at radius 1 is 1.28 bits per heavy atom. The predicted octanol–water partition coefficient (Wildman–Crippen LogP) is 4.46. The second kappa shape index (κ2) is 9.80. The maximum atomic E-state index is 12.3. The third-order valence-corrected chi connectivity index (χ3v) is 7.40. The quantitative estimate of drug-likeness (QED) is 0.574. The van der Waals surface area contributed by atoms with Crippen LogP contribution >= 0.6 is 22.7 Å². The Morgan fingerprint density at radius 2 is 2.10 bits per heavy atom. The molecule has 1 aliphatic heterocycles. The van der Waals surface area contributed by atoms with E-state index in [1.807, 2.05) is 18.2 Å². The zero-order valence-corrected chi connectivity index (χ0v) is 18.3. The van der Waals surface area contributed by atoms with Gasteiger partial charge in [-0.2, -0.15) is 0 Å². The summed E-state index contributed by atoms with van der Waals surface area (Å²) in [7, 11) is 0. The van der Waals surface area contributed by atoms with Gasteiger partial charge in [-0.25, -0.2) is 4.98 Å². The monoisotopic (exact) mass is 429 g/mol. The van der Waals surface area contributed by atoms with E-state index in [1.54, 1.807) is 22.7 Å². The second-order valence-corrected chi connectivity index (χ2v) is 9.72. The van der Waals surface area contributed by atoms with Crippen LogP contribution in [0.1, 0.15) is 35.7 Å². The first-order chi connectivity index (χ1) is 14.2. The summed E-state index contributed by atoms with van der Waals surface area (Å²) < 4.78 is 6.76. The van der Waals surface area contributed by atoms with Crippen LogP contribution in [0.15, 0.2) is 41.8 Å². The van der Waals surface area contributed by atoms with Crippen LogP contribution in [0.4, 0.5) is 0 Å². The molecule has 1 unspecified atom stereocenters. The molecule has 0 saturated carbocycles. The number of para-hydroxylation sites is 1. The highest BCUT2D eigenvalue weighted by atomic mass is 32.1. The molecule has 0 bridgehead atoms. The summed E-state index contributed by atoms with van der Waals surface area (Å²) in [6.45, 7) is 5.55. The smallest absolute Gasteiger partial charge is 0.246 e. The molecule has 7 heteroatoms. The van der Waals surface area contributed by atoms with E-state index in [4.69, 9.17) is 4.74 Å². The first-order valence-corrected chi connectivity index (χ1v) is 11.8. The maximum Gasteiger partial charge on any atom is 0.246 e. The molecule has 1 fully saturated rings. The third kappa shape index (κ3) is 5.42. The number of thiophene rings is 1. The Balaban J connectivity index is 1.26. The molecule has 1 amide bonds. The number of piperidine rings is 1. The number of carbonyl (C=O) groups is 1. The standard InChI is InChI=1S/C22H27N3O2S2/c1-16-8-10-25(11-9-16)18(20-7-4-12-28-20)13-23-21(26)14-27-15-22-24-17-5-2-3-6-19(17)29-22/h2-7,12,16,18H,8-11,13-15H2,1H3,(H,23,26). The molecule has 0 aliphatic carbocycles. The van der Waals surface area contributed by atoms with E-state index in [2.05, 4.69) is 45.7 Å². The number of hydrogen-bond donors (Lipinski definition) is 1. The number of thiazole rings is 1. The van der Waals surface area contributed by atoms with Crippen LogP contribution in [0, 0.1) is 5.92 Å². The molecule has 1 atom stereocenters. The highest BCUT2D eigenvalue weighted by molar-refractivity contribution is 7.18. The van der Waals surface area contributed by atoms with Crippen molar-refractivity contribution in [2.75, 3.05) is 26.2 Å². The number of nitrogens with zero attached hydrogens (tertiary/aromatic N) is 2. The number of carbonyl (C=O) groups excluding carboxylic acids is 1. The number of hydrogen-bond acceptors (Lipinski definition) is 6. The zero-order valence-electron chi connectivity index (χ0n) is 16.7. The van der Waals surface area contributed by atoms with Crippen molar-refractivity contribution in [2.45, 2.75) is 32.4 Å². The summed E-state index contributed by atoms with van der Waals surface area (Å²) in [4.78, 5) is 20.7. The summed E-state index contributed by atoms with van der Waals surface area (Å²) in [5.41, 5.74) is 0.982. The van der Waals surface area contributed by atoms with E-state index in [9.17, 15) is 4.79 Å². The summed E-state index contributed by atoms with van der Waals surface area (Å²) in [5, 5.41) is 6.09. The van der Waals surface area contributed by atoms with Crippen LogP contribution in [0.2, 0.25) is 0 Å². The van der Waals surface area contributed by atoms with E-state index in [0.29, 0.717) is 13.2 Å². The van der Waals surface area contributed by atoms with Gasteiger partial charge >= 0.3 is 0 Å². The van der Waals surface area contributed by atoms with Gasteiger partial charge in [0.05, 0.1) is 22.9 Å². The van der Waals surface area contributed by atoms with Crippen LogP contribution in [0.3, 0.4) is 0 Å². The van der Waals surface area contributed by atoms with Gasteiger partial charge in [0, 0.05) is 11.4 Å². The average molecular weight is 430 g/mol. The van der Waals surface area contributed by atoms with Crippen LogP contribution < -0.4 is 5.32 Å². The Bertz CT molecular complexity index is 884. The van der Waals surface area contributed by atoms with Crippen LogP contribution in [0.5, 0.6) is 0 Å². The Labute approximate surface area is 179 Å². The minimum absolute atomic E-state index is 0.0596. The second-order valence-electron chi connectivity index (χ2n) is 7.62. The fraction of sp³-hybridized carbons (Fsp3) is 0.455. The molecule has 1 aliphatic rings. The van der Waals surface area contributed by atoms with Gasteiger partial charge in [0.25, 0.3) is 0 Å². The largest absolute Gasteiger partial charge is 0.364 e. The number of ether oxygens (including phenoxy) is 1. The van der Waals surface area contributed by atoms with Crippen LogP contribution in [-0.2, 0) is 16.1 Å². The lowest BCUT2D eigenvalue weighted by molar-refractivity contribution is -0.126. The molecule has 3 aromatic rings.